The molecule has 0 N–H and O–H groups in total. The number of aryl methyl sites for hydroxylation is 1. The van der Waals surface area contributed by atoms with Crippen molar-refractivity contribution in [3.63, 3.8) is 0 Å². The molecule has 19 aromatic rings. The maximum absolute atomic E-state index is 4.51. The Morgan fingerprint density at radius 2 is 0.488 bits per heavy atom. The van der Waals surface area contributed by atoms with Crippen LogP contribution in [0.1, 0.15) is 5.69 Å². The maximum Gasteiger partial charge on any atom is 0.329 e. The van der Waals surface area contributed by atoms with Crippen LogP contribution in [0.3, 0.4) is 0 Å². The molecular formula is C112H75B3N6. The number of pyridine rings is 3. The predicted molar refractivity (Wildman–Crippen MR) is 509 cm³/mol. The third-order valence-corrected chi connectivity index (χ3v) is 25.3. The molecule has 0 fully saturated rings. The van der Waals surface area contributed by atoms with Crippen LogP contribution in [-0.4, -0.2) is 35.5 Å². The molecule has 0 saturated carbocycles. The zero-order valence-electron chi connectivity index (χ0n) is 66.5. The molecule has 0 saturated heterocycles. The van der Waals surface area contributed by atoms with Crippen LogP contribution in [0.4, 0.5) is 34.1 Å². The molecule has 3 aromatic heterocycles. The van der Waals surface area contributed by atoms with Crippen LogP contribution in [0.25, 0.3) is 145 Å². The first-order valence-electron chi connectivity index (χ1n) is 41.8. The Kier molecular flexibility index (Phi) is 17.4. The Labute approximate surface area is 706 Å². The molecule has 6 aliphatic heterocycles. The van der Waals surface area contributed by atoms with Crippen LogP contribution < -0.4 is 47.2 Å². The monoisotopic (exact) mass is 1540 g/mol. The van der Waals surface area contributed by atoms with Crippen LogP contribution in [0.5, 0.6) is 0 Å². The maximum atomic E-state index is 4.51. The van der Waals surface area contributed by atoms with Crippen molar-refractivity contribution in [2.24, 2.45) is 0 Å². The van der Waals surface area contributed by atoms with Gasteiger partial charge >= 0.3 is 20.5 Å². The van der Waals surface area contributed by atoms with E-state index in [4.69, 9.17) is 0 Å². The van der Waals surface area contributed by atoms with Gasteiger partial charge in [0.2, 0.25) is 0 Å². The van der Waals surface area contributed by atoms with Gasteiger partial charge in [0.05, 0.1) is 5.69 Å². The Hall–Kier alpha value is -15.4. The Morgan fingerprint density at radius 3 is 0.901 bits per heavy atom. The highest BCUT2D eigenvalue weighted by Gasteiger charge is 2.46. The van der Waals surface area contributed by atoms with Crippen LogP contribution in [0.2, 0.25) is 0 Å². The van der Waals surface area contributed by atoms with E-state index in [2.05, 4.69) is 431 Å². The molecule has 0 atom stereocenters. The number of anilines is 6. The summed E-state index contributed by atoms with van der Waals surface area (Å²) in [6.45, 7) is 2.33. The lowest BCUT2D eigenvalue weighted by atomic mass is 9.43. The van der Waals surface area contributed by atoms with Crippen LogP contribution in [-0.2, 0) is 0 Å². The summed E-state index contributed by atoms with van der Waals surface area (Å²) in [5.41, 5.74) is 48.8. The zero-order valence-corrected chi connectivity index (χ0v) is 66.5. The van der Waals surface area contributed by atoms with Crippen molar-refractivity contribution in [1.29, 1.82) is 0 Å². The number of benzene rings is 16. The summed E-state index contributed by atoms with van der Waals surface area (Å²) in [5.74, 6) is 0. The minimum Gasteiger partial charge on any atom is -0.376 e. The molecule has 16 aromatic carbocycles. The van der Waals surface area contributed by atoms with Crippen molar-refractivity contribution >= 4 is 87.4 Å². The van der Waals surface area contributed by atoms with Gasteiger partial charge in [0, 0.05) is 104 Å². The highest BCUT2D eigenvalue weighted by atomic mass is 15.1. The smallest absolute Gasteiger partial charge is 0.329 e. The second-order valence-electron chi connectivity index (χ2n) is 32.0. The molecule has 9 heterocycles. The lowest BCUT2D eigenvalue weighted by Crippen LogP contribution is -2.59. The van der Waals surface area contributed by atoms with E-state index >= 15 is 0 Å². The molecule has 9 heteroatoms. The first-order chi connectivity index (χ1) is 60.0. The van der Waals surface area contributed by atoms with E-state index in [9.17, 15) is 0 Å². The number of para-hydroxylation sites is 4. The second-order valence-corrected chi connectivity index (χ2v) is 32.0. The van der Waals surface area contributed by atoms with Crippen LogP contribution in [0.15, 0.2) is 437 Å². The van der Waals surface area contributed by atoms with Gasteiger partial charge in [-0.2, -0.15) is 0 Å². The van der Waals surface area contributed by atoms with Crippen molar-refractivity contribution in [2.75, 3.05) is 14.4 Å². The second kappa shape index (κ2) is 29.6. The van der Waals surface area contributed by atoms with Crippen molar-refractivity contribution in [2.45, 2.75) is 6.92 Å². The van der Waals surface area contributed by atoms with E-state index in [1.807, 2.05) is 43.0 Å². The Balaban J connectivity index is 0.000000106. The summed E-state index contributed by atoms with van der Waals surface area (Å²) in [7, 11) is 0. The predicted octanol–water partition coefficient (Wildman–Crippen LogP) is 23.9. The van der Waals surface area contributed by atoms with Gasteiger partial charge < -0.3 is 14.4 Å². The molecule has 6 nitrogen and oxygen atoms in total. The van der Waals surface area contributed by atoms with Gasteiger partial charge in [0.25, 0.3) is 0 Å². The van der Waals surface area contributed by atoms with Gasteiger partial charge in [0.15, 0.2) is 0 Å². The van der Waals surface area contributed by atoms with E-state index < -0.39 is 0 Å². The van der Waals surface area contributed by atoms with Crippen molar-refractivity contribution in [3.05, 3.63) is 443 Å². The summed E-state index contributed by atoms with van der Waals surface area (Å²) in [5, 5.41) is 0. The molecule has 25 rings (SSSR count). The number of hydrogen-bond acceptors (Lipinski definition) is 6. The van der Waals surface area contributed by atoms with Gasteiger partial charge in [-0.3, -0.25) is 15.0 Å². The summed E-state index contributed by atoms with van der Waals surface area (Å²) in [4.78, 5) is 20.9. The number of aromatic nitrogens is 3. The average Bonchev–Trinajstić information content (AvgIpc) is 0.717. The third kappa shape index (κ3) is 12.2. The fraction of sp³-hybridized carbons (Fsp3) is 0.00893. The lowest BCUT2D eigenvalue weighted by Gasteiger charge is -2.43. The van der Waals surface area contributed by atoms with Crippen molar-refractivity contribution in [3.8, 4) is 145 Å². The van der Waals surface area contributed by atoms with Crippen LogP contribution >= 0.6 is 0 Å². The van der Waals surface area contributed by atoms with E-state index in [1.165, 1.54) is 195 Å². The van der Waals surface area contributed by atoms with Gasteiger partial charge in [-0.15, -0.1) is 0 Å². The van der Waals surface area contributed by atoms with Crippen molar-refractivity contribution < 1.29 is 0 Å². The molecule has 0 aliphatic carbocycles. The molecule has 121 heavy (non-hydrogen) atoms. The highest BCUT2D eigenvalue weighted by Crippen LogP contribution is 2.52. The summed E-state index contributed by atoms with van der Waals surface area (Å²) >= 11 is 0. The molecular weight excluding hydrogens is 1460 g/mol. The number of hydrogen-bond donors (Lipinski definition) is 0. The molecule has 0 spiro atoms. The summed E-state index contributed by atoms with van der Waals surface area (Å²) in [6, 6.07) is 150. The fourth-order valence-corrected chi connectivity index (χ4v) is 19.8. The summed E-state index contributed by atoms with van der Waals surface area (Å²) < 4.78 is 0. The van der Waals surface area contributed by atoms with E-state index in [1.54, 1.807) is 0 Å². The first kappa shape index (κ1) is 70.9. The normalized spacial score (nSPS) is 12.6. The van der Waals surface area contributed by atoms with E-state index in [-0.39, 0.29) is 20.5 Å². The van der Waals surface area contributed by atoms with Crippen LogP contribution in [0, 0.1) is 6.92 Å². The SMILES string of the molecule is Cc1cc(-c2ccc3c(c2)B2c4ccccc4-c4cc(-c5ccccc5)ccc4N2c2ccc(-c4ccccc4)cc2-3)ccn1.c1ccc(-c2ccc(-c3ccc4c(c3)B3c5ccccc5-c5ccccc5N3c3ccccc3-4)cc2)nc1.c1cncc(-c2ccc(-c3ccc4c(c3)B3c5ccccc5-c5ccccc5N3c3ccccc3-4)cc2)c1. The number of fused-ring (bicyclic) bond motifs is 33. The molecule has 0 unspecified atom stereocenters. The minimum absolute atomic E-state index is 0.0456. The Morgan fingerprint density at radius 1 is 0.182 bits per heavy atom. The summed E-state index contributed by atoms with van der Waals surface area (Å²) in [6.07, 6.45) is 7.48. The number of nitrogens with zero attached hydrogens (tertiary/aromatic N) is 6. The van der Waals surface area contributed by atoms with Gasteiger partial charge in [0.1, 0.15) is 0 Å². The lowest BCUT2D eigenvalue weighted by molar-refractivity contribution is 1.20. The molecule has 0 radical (unpaired) electrons. The topological polar surface area (TPSA) is 48.4 Å². The molecule has 562 valence electrons. The fourth-order valence-electron chi connectivity index (χ4n) is 19.8. The zero-order chi connectivity index (χ0) is 80.0. The minimum atomic E-state index is 0.0456. The molecule has 0 amide bonds. The van der Waals surface area contributed by atoms with Crippen molar-refractivity contribution in [1.82, 2.24) is 15.0 Å². The van der Waals surface area contributed by atoms with Gasteiger partial charge in [-0.1, -0.05) is 334 Å². The largest absolute Gasteiger partial charge is 0.376 e. The third-order valence-electron chi connectivity index (χ3n) is 25.3. The highest BCUT2D eigenvalue weighted by molar-refractivity contribution is 6.94. The molecule has 6 aliphatic rings. The van der Waals surface area contributed by atoms with Gasteiger partial charge in [-0.25, -0.2) is 0 Å². The van der Waals surface area contributed by atoms with Gasteiger partial charge in [-0.05, 0) is 219 Å². The molecule has 0 bridgehead atoms. The Bertz CT molecular complexity index is 6990. The van der Waals surface area contributed by atoms with E-state index in [0.717, 1.165) is 22.5 Å². The first-order valence-corrected chi connectivity index (χ1v) is 41.8. The average molecular weight is 1540 g/mol. The van der Waals surface area contributed by atoms with E-state index in [0.29, 0.717) is 0 Å². The standard InChI is InChI=1S/C42H29BN2.2C35H23BN2/c1-28-24-34(22-23-44-28)33-16-19-36-38-26-32(30-12-6-3-7-13-30)18-21-42(38)45-41-20-17-31(29-10-4-2-5-11-29)25-37(41)35-14-8-9-15-39(35)43(45)40(36)27-33;1-4-12-31-27(9-1)29-10-2-5-14-34(29)38-35-15-6-3-11-30(35)28-21-20-26(23-32(28)36(31)38)24-16-18-25(19-17-24)33-13-7-8-22-37-33;1-4-12-32-28(9-1)30-10-2-5-13-34(30)38-35-14-6-3-11-31(35)29-20-19-26(22-33(29)36(32)38)24-15-17-25(18-16-24)27-8-7-21-37-23-27/h2-27H,1H3;2*1-23H. The quantitative estimate of drug-likeness (QED) is 0.148. The number of rotatable bonds is 7.